The fourth-order valence-electron chi connectivity index (χ4n) is 2.00. The molecule has 2 atom stereocenters. The molecule has 102 valence electrons. The zero-order valence-corrected chi connectivity index (χ0v) is 10.6. The number of ether oxygens (including phenoxy) is 2. The third-order valence-electron chi connectivity index (χ3n) is 3.02. The second-order valence-corrected chi connectivity index (χ2v) is 4.54. The Balaban J connectivity index is 1.97. The van der Waals surface area contributed by atoms with Gasteiger partial charge in [-0.2, -0.15) is 0 Å². The highest BCUT2D eigenvalue weighted by molar-refractivity contribution is 5.89. The van der Waals surface area contributed by atoms with E-state index in [1.807, 2.05) is 6.92 Å². The van der Waals surface area contributed by atoms with Crippen molar-refractivity contribution in [1.82, 2.24) is 0 Å². The fraction of sp³-hybridized carbons (Fsp3) is 0.462. The van der Waals surface area contributed by atoms with Crippen LogP contribution in [-0.2, 0) is 9.47 Å². The van der Waals surface area contributed by atoms with Crippen molar-refractivity contribution >= 4 is 11.7 Å². The quantitative estimate of drug-likeness (QED) is 0.476. The van der Waals surface area contributed by atoms with E-state index in [-0.39, 0.29) is 17.9 Å². The van der Waals surface area contributed by atoms with E-state index in [4.69, 9.17) is 9.47 Å². The monoisotopic (exact) mass is 265 g/mol. The predicted octanol–water partition coefficient (Wildman–Crippen LogP) is 2.32. The van der Waals surface area contributed by atoms with Gasteiger partial charge in [-0.15, -0.1) is 0 Å². The fourth-order valence-corrected chi connectivity index (χ4v) is 2.00. The zero-order valence-electron chi connectivity index (χ0n) is 10.6. The second-order valence-electron chi connectivity index (χ2n) is 4.54. The number of nitro benzene ring substituents is 1. The van der Waals surface area contributed by atoms with E-state index in [1.165, 1.54) is 24.3 Å². The lowest BCUT2D eigenvalue weighted by Crippen LogP contribution is -2.30. The Kier molecular flexibility index (Phi) is 4.11. The molecule has 0 unspecified atom stereocenters. The van der Waals surface area contributed by atoms with Crippen molar-refractivity contribution < 1.29 is 19.2 Å². The molecule has 1 aliphatic rings. The van der Waals surface area contributed by atoms with Crippen molar-refractivity contribution in [2.75, 3.05) is 6.61 Å². The van der Waals surface area contributed by atoms with Gasteiger partial charge in [-0.25, -0.2) is 4.79 Å². The maximum absolute atomic E-state index is 11.9. The van der Waals surface area contributed by atoms with Crippen LogP contribution in [0.1, 0.15) is 30.1 Å². The lowest BCUT2D eigenvalue weighted by atomic mass is 10.1. The highest BCUT2D eigenvalue weighted by atomic mass is 16.6. The van der Waals surface area contributed by atoms with Gasteiger partial charge in [0.2, 0.25) is 0 Å². The third kappa shape index (κ3) is 3.51. The first kappa shape index (κ1) is 13.5. The third-order valence-corrected chi connectivity index (χ3v) is 3.02. The van der Waals surface area contributed by atoms with E-state index in [9.17, 15) is 14.9 Å². The van der Waals surface area contributed by atoms with Gasteiger partial charge in [-0.3, -0.25) is 10.1 Å². The molecule has 19 heavy (non-hydrogen) atoms. The van der Waals surface area contributed by atoms with E-state index in [2.05, 4.69) is 0 Å². The summed E-state index contributed by atoms with van der Waals surface area (Å²) < 4.78 is 10.7. The summed E-state index contributed by atoms with van der Waals surface area (Å²) in [4.78, 5) is 21.9. The molecule has 6 heteroatoms. The van der Waals surface area contributed by atoms with Gasteiger partial charge in [0.1, 0.15) is 6.10 Å². The summed E-state index contributed by atoms with van der Waals surface area (Å²) in [5.74, 6) is -0.450. The molecule has 0 aromatic heterocycles. The molecule has 1 saturated heterocycles. The number of benzene rings is 1. The smallest absolute Gasteiger partial charge is 0.338 e. The van der Waals surface area contributed by atoms with Crippen LogP contribution < -0.4 is 0 Å². The minimum atomic E-state index is -0.505. The molecule has 0 aliphatic carbocycles. The van der Waals surface area contributed by atoms with Crippen LogP contribution in [0.25, 0.3) is 0 Å². The average molecular weight is 265 g/mol. The van der Waals surface area contributed by atoms with Crippen LogP contribution in [0.4, 0.5) is 5.69 Å². The largest absolute Gasteiger partial charge is 0.459 e. The van der Waals surface area contributed by atoms with Crippen LogP contribution in [0.5, 0.6) is 0 Å². The summed E-state index contributed by atoms with van der Waals surface area (Å²) in [7, 11) is 0. The number of carbonyl (C=O) groups is 1. The van der Waals surface area contributed by atoms with Gasteiger partial charge in [0.15, 0.2) is 0 Å². The Labute approximate surface area is 110 Å². The van der Waals surface area contributed by atoms with Gasteiger partial charge in [-0.1, -0.05) is 0 Å². The lowest BCUT2D eigenvalue weighted by Gasteiger charge is -2.26. The number of rotatable bonds is 3. The molecular formula is C13H15NO5. The lowest BCUT2D eigenvalue weighted by molar-refractivity contribution is -0.384. The maximum Gasteiger partial charge on any atom is 0.338 e. The number of hydrogen-bond donors (Lipinski definition) is 0. The topological polar surface area (TPSA) is 78.7 Å². The molecule has 0 amide bonds. The summed E-state index contributed by atoms with van der Waals surface area (Å²) in [6, 6.07) is 5.40. The first-order valence-electron chi connectivity index (χ1n) is 6.13. The molecule has 0 spiro atoms. The minimum Gasteiger partial charge on any atom is -0.459 e. The molecule has 0 radical (unpaired) electrons. The number of hydrogen-bond acceptors (Lipinski definition) is 5. The average Bonchev–Trinajstić information content (AvgIpc) is 2.39. The number of esters is 1. The highest BCUT2D eigenvalue weighted by Gasteiger charge is 2.23. The molecule has 1 aromatic carbocycles. The highest BCUT2D eigenvalue weighted by Crippen LogP contribution is 2.19. The summed E-state index contributed by atoms with van der Waals surface area (Å²) in [6.45, 7) is 2.52. The van der Waals surface area contributed by atoms with Gasteiger partial charge in [0.25, 0.3) is 5.69 Å². The molecule has 2 rings (SSSR count). The zero-order chi connectivity index (χ0) is 13.8. The van der Waals surface area contributed by atoms with Crippen LogP contribution in [0.3, 0.4) is 0 Å². The molecule has 0 bridgehead atoms. The normalized spacial score (nSPS) is 22.8. The molecule has 1 fully saturated rings. The molecule has 0 saturated carbocycles. The van der Waals surface area contributed by atoms with E-state index in [0.29, 0.717) is 25.0 Å². The van der Waals surface area contributed by atoms with Crippen LogP contribution >= 0.6 is 0 Å². The van der Waals surface area contributed by atoms with Crippen LogP contribution in [0.2, 0.25) is 0 Å². The molecule has 1 aromatic rings. The summed E-state index contributed by atoms with van der Waals surface area (Å²) >= 11 is 0. The number of non-ortho nitro benzene ring substituents is 1. The van der Waals surface area contributed by atoms with Gasteiger partial charge >= 0.3 is 5.97 Å². The van der Waals surface area contributed by atoms with E-state index < -0.39 is 10.9 Å². The Morgan fingerprint density at radius 1 is 1.42 bits per heavy atom. The molecule has 1 heterocycles. The second kappa shape index (κ2) is 5.79. The number of nitro groups is 1. The van der Waals surface area contributed by atoms with Crippen molar-refractivity contribution in [3.63, 3.8) is 0 Å². The van der Waals surface area contributed by atoms with Crippen molar-refractivity contribution in [3.8, 4) is 0 Å². The van der Waals surface area contributed by atoms with Gasteiger partial charge in [0.05, 0.1) is 23.2 Å². The van der Waals surface area contributed by atoms with Crippen LogP contribution in [0, 0.1) is 10.1 Å². The SMILES string of the molecule is C[C@H]1C[C@H](OC(=O)c2ccc([N+](=O)[O-])cc2)CCO1. The van der Waals surface area contributed by atoms with Gasteiger partial charge in [0, 0.05) is 25.0 Å². The predicted molar refractivity (Wildman–Crippen MR) is 66.9 cm³/mol. The van der Waals surface area contributed by atoms with Crippen molar-refractivity contribution in [1.29, 1.82) is 0 Å². The van der Waals surface area contributed by atoms with Crippen LogP contribution in [0.15, 0.2) is 24.3 Å². The molecular weight excluding hydrogens is 250 g/mol. The van der Waals surface area contributed by atoms with Gasteiger partial charge < -0.3 is 9.47 Å². The first-order valence-corrected chi connectivity index (χ1v) is 6.13. The van der Waals surface area contributed by atoms with Crippen LogP contribution in [-0.4, -0.2) is 29.7 Å². The van der Waals surface area contributed by atoms with E-state index >= 15 is 0 Å². The molecule has 1 aliphatic heterocycles. The van der Waals surface area contributed by atoms with Crippen molar-refractivity contribution in [2.45, 2.75) is 32.0 Å². The standard InChI is InChI=1S/C13H15NO5/c1-9-8-12(6-7-18-9)19-13(15)10-2-4-11(5-3-10)14(16)17/h2-5,9,12H,6-8H2,1H3/t9-,12+/m0/s1. The maximum atomic E-state index is 11.9. The van der Waals surface area contributed by atoms with Crippen molar-refractivity contribution in [3.05, 3.63) is 39.9 Å². The Bertz CT molecular complexity index is 470. The Hall–Kier alpha value is -1.95. The molecule has 0 N–H and O–H groups in total. The number of nitrogens with zero attached hydrogens (tertiary/aromatic N) is 1. The minimum absolute atomic E-state index is 0.0451. The molecule has 6 nitrogen and oxygen atoms in total. The number of carbonyl (C=O) groups excluding carboxylic acids is 1. The summed E-state index contributed by atoms with van der Waals surface area (Å²) in [5, 5.41) is 10.5. The van der Waals surface area contributed by atoms with Crippen molar-refractivity contribution in [2.24, 2.45) is 0 Å². The van der Waals surface area contributed by atoms with Gasteiger partial charge in [-0.05, 0) is 19.1 Å². The summed E-state index contributed by atoms with van der Waals surface area (Å²) in [6.07, 6.45) is 1.30. The Morgan fingerprint density at radius 2 is 2.11 bits per heavy atom. The first-order chi connectivity index (χ1) is 9.06. The van der Waals surface area contributed by atoms with E-state index in [1.54, 1.807) is 0 Å². The Morgan fingerprint density at radius 3 is 2.68 bits per heavy atom. The van der Waals surface area contributed by atoms with E-state index in [0.717, 1.165) is 0 Å². The summed E-state index contributed by atoms with van der Waals surface area (Å²) in [5.41, 5.74) is 0.279.